The highest BCUT2D eigenvalue weighted by Gasteiger charge is 2.47. The number of halogens is 1. The Hall–Kier alpha value is -2.71. The Labute approximate surface area is 221 Å². The van der Waals surface area contributed by atoms with Crippen LogP contribution in [-0.4, -0.2) is 42.1 Å². The van der Waals surface area contributed by atoms with E-state index in [9.17, 15) is 18.8 Å². The average Bonchev–Trinajstić information content (AvgIpc) is 3.19. The van der Waals surface area contributed by atoms with Crippen molar-refractivity contribution in [3.05, 3.63) is 64.5 Å². The minimum absolute atomic E-state index is 0.161. The molecule has 5 rings (SSSR count). The highest BCUT2D eigenvalue weighted by atomic mass is 32.2. The van der Waals surface area contributed by atoms with E-state index in [1.54, 1.807) is 35.8 Å². The van der Waals surface area contributed by atoms with Crippen molar-refractivity contribution in [1.82, 2.24) is 15.5 Å². The van der Waals surface area contributed by atoms with Gasteiger partial charge in [0.05, 0.1) is 6.04 Å². The molecular weight excluding hydrogens is 489 g/mol. The second-order valence-corrected chi connectivity index (χ2v) is 11.7. The van der Waals surface area contributed by atoms with Crippen LogP contribution in [0.5, 0.6) is 0 Å². The first kappa shape index (κ1) is 25.9. The molecule has 2 aromatic rings. The molecule has 0 saturated heterocycles. The van der Waals surface area contributed by atoms with Gasteiger partial charge in [-0.1, -0.05) is 24.6 Å². The number of rotatable bonds is 11. The fraction of sp³-hybridized carbons (Fsp3) is 0.483. The summed E-state index contributed by atoms with van der Waals surface area (Å²) in [4.78, 5) is 38.8. The van der Waals surface area contributed by atoms with Crippen LogP contribution in [0.25, 0.3) is 0 Å². The normalized spacial score (nSPS) is 18.8. The van der Waals surface area contributed by atoms with Gasteiger partial charge >= 0.3 is 0 Å². The van der Waals surface area contributed by atoms with Gasteiger partial charge in [-0.15, -0.1) is 11.8 Å². The first-order valence-electron chi connectivity index (χ1n) is 13.1. The molecule has 0 radical (unpaired) electrons. The number of aldehydes is 1. The molecule has 0 aromatic heterocycles. The molecule has 3 aliphatic rings. The molecule has 37 heavy (non-hydrogen) atoms. The zero-order chi connectivity index (χ0) is 26.0. The van der Waals surface area contributed by atoms with E-state index in [1.165, 1.54) is 32.1 Å². The molecule has 1 spiro atoms. The van der Waals surface area contributed by atoms with Crippen LogP contribution >= 0.6 is 11.8 Å². The molecule has 1 aliphatic heterocycles. The third kappa shape index (κ3) is 5.46. The lowest BCUT2D eigenvalue weighted by Gasteiger charge is -2.54. The van der Waals surface area contributed by atoms with Gasteiger partial charge in [0.25, 0.3) is 5.91 Å². The van der Waals surface area contributed by atoms with E-state index >= 15 is 0 Å². The van der Waals surface area contributed by atoms with Gasteiger partial charge in [0, 0.05) is 54.4 Å². The number of benzene rings is 2. The van der Waals surface area contributed by atoms with Crippen LogP contribution < -0.4 is 10.6 Å². The molecule has 2 aliphatic carbocycles. The lowest BCUT2D eigenvalue weighted by molar-refractivity contribution is -0.121. The van der Waals surface area contributed by atoms with Crippen LogP contribution in [0.4, 0.5) is 4.39 Å². The first-order chi connectivity index (χ1) is 17.9. The maximum Gasteiger partial charge on any atom is 0.255 e. The van der Waals surface area contributed by atoms with Crippen molar-refractivity contribution in [3.63, 3.8) is 0 Å². The van der Waals surface area contributed by atoms with E-state index < -0.39 is 6.04 Å². The van der Waals surface area contributed by atoms with Gasteiger partial charge in [-0.05, 0) is 66.8 Å². The lowest BCUT2D eigenvalue weighted by atomic mass is 9.54. The van der Waals surface area contributed by atoms with Crippen molar-refractivity contribution in [3.8, 4) is 0 Å². The molecule has 196 valence electrons. The first-order valence-corrected chi connectivity index (χ1v) is 14.1. The summed E-state index contributed by atoms with van der Waals surface area (Å²) in [5.41, 5.74) is 3.66. The van der Waals surface area contributed by atoms with Crippen LogP contribution in [0.1, 0.15) is 72.0 Å². The number of carbonyl (C=O) groups is 3. The smallest absolute Gasteiger partial charge is 0.255 e. The van der Waals surface area contributed by atoms with Crippen molar-refractivity contribution >= 4 is 29.9 Å². The number of nitrogens with zero attached hydrogens (tertiary/aromatic N) is 1. The molecule has 1 heterocycles. The summed E-state index contributed by atoms with van der Waals surface area (Å²) in [7, 11) is 1.55. The maximum atomic E-state index is 14.8. The number of fused-ring (bicyclic) bond motifs is 1. The summed E-state index contributed by atoms with van der Waals surface area (Å²) >= 11 is 1.56. The fourth-order valence-electron chi connectivity index (χ4n) is 5.88. The number of nitrogens with one attached hydrogen (secondary N) is 2. The van der Waals surface area contributed by atoms with E-state index in [0.29, 0.717) is 41.4 Å². The Morgan fingerprint density at radius 2 is 2.08 bits per heavy atom. The summed E-state index contributed by atoms with van der Waals surface area (Å²) in [5, 5.41) is 6.06. The van der Waals surface area contributed by atoms with Crippen LogP contribution in [0.3, 0.4) is 0 Å². The summed E-state index contributed by atoms with van der Waals surface area (Å²) < 4.78 is 14.8. The molecular formula is C29H34FN3O3S. The molecule has 2 fully saturated rings. The topological polar surface area (TPSA) is 78.5 Å². The van der Waals surface area contributed by atoms with Gasteiger partial charge in [0.15, 0.2) is 0 Å². The van der Waals surface area contributed by atoms with E-state index in [2.05, 4.69) is 10.6 Å². The highest BCUT2D eigenvalue weighted by molar-refractivity contribution is 7.98. The Bertz CT molecular complexity index is 1190. The van der Waals surface area contributed by atoms with E-state index in [-0.39, 0.29) is 30.5 Å². The second-order valence-electron chi connectivity index (χ2n) is 10.7. The van der Waals surface area contributed by atoms with Crippen LogP contribution in [0, 0.1) is 11.2 Å². The van der Waals surface area contributed by atoms with Gasteiger partial charge in [0.1, 0.15) is 12.1 Å². The van der Waals surface area contributed by atoms with Crippen LogP contribution in [0.15, 0.2) is 41.3 Å². The zero-order valence-electron chi connectivity index (χ0n) is 21.2. The Morgan fingerprint density at radius 1 is 1.27 bits per heavy atom. The summed E-state index contributed by atoms with van der Waals surface area (Å²) in [6.45, 7) is 0.887. The molecule has 1 atom stereocenters. The quantitative estimate of drug-likeness (QED) is 0.333. The fourth-order valence-corrected chi connectivity index (χ4v) is 6.91. The number of carbonyl (C=O) groups excluding carboxylic acids is 3. The molecule has 8 heteroatoms. The predicted octanol–water partition coefficient (Wildman–Crippen LogP) is 4.59. The SMILES string of the molecule is CNC(=O)CCC(C=O)N1Cc2c(SCc3ccc(CNC4CC5(CCC5)C4)c(F)c3)cccc2C1=O. The standard InChI is InChI=1S/C29H34FN3O3S/c1-31-27(35)9-8-22(17-34)33-16-24-23(28(33)36)4-2-5-26(24)37-18-19-6-7-20(25(30)12-19)15-32-21-13-29(14-21)10-3-11-29/h2,4-7,12,17,21-22,32H,3,8-11,13-16,18H2,1H3,(H,31,35). The molecule has 2 saturated carbocycles. The third-order valence-corrected chi connectivity index (χ3v) is 9.49. The van der Waals surface area contributed by atoms with Gasteiger partial charge in [-0.3, -0.25) is 9.59 Å². The Morgan fingerprint density at radius 3 is 2.76 bits per heavy atom. The second kappa shape index (κ2) is 11.0. The van der Waals surface area contributed by atoms with Crippen molar-refractivity contribution < 1.29 is 18.8 Å². The van der Waals surface area contributed by atoms with E-state index in [4.69, 9.17) is 0 Å². The minimum atomic E-state index is -0.649. The van der Waals surface area contributed by atoms with Crippen molar-refractivity contribution in [2.45, 2.75) is 80.8 Å². The molecule has 2 aromatic carbocycles. The predicted molar refractivity (Wildman–Crippen MR) is 142 cm³/mol. The number of hydrogen-bond acceptors (Lipinski definition) is 5. The molecule has 2 N–H and O–H groups in total. The van der Waals surface area contributed by atoms with Crippen molar-refractivity contribution in [2.75, 3.05) is 7.05 Å². The molecule has 2 amide bonds. The summed E-state index contributed by atoms with van der Waals surface area (Å²) in [6.07, 6.45) is 7.75. The van der Waals surface area contributed by atoms with Crippen LogP contribution in [-0.2, 0) is 28.4 Å². The van der Waals surface area contributed by atoms with Crippen LogP contribution in [0.2, 0.25) is 0 Å². The lowest BCUT2D eigenvalue weighted by Crippen LogP contribution is -2.51. The molecule has 6 nitrogen and oxygen atoms in total. The summed E-state index contributed by atoms with van der Waals surface area (Å²) in [6, 6.07) is 10.9. The van der Waals surface area contributed by atoms with Gasteiger partial charge in [-0.2, -0.15) is 0 Å². The van der Waals surface area contributed by atoms with E-state index in [0.717, 1.165) is 22.3 Å². The molecule has 0 bridgehead atoms. The maximum absolute atomic E-state index is 14.8. The summed E-state index contributed by atoms with van der Waals surface area (Å²) in [5.74, 6) is 0.0390. The van der Waals surface area contributed by atoms with Gasteiger partial charge in [0.2, 0.25) is 5.91 Å². The monoisotopic (exact) mass is 523 g/mol. The number of thioether (sulfide) groups is 1. The average molecular weight is 524 g/mol. The van der Waals surface area contributed by atoms with Gasteiger partial charge < -0.3 is 20.3 Å². The minimum Gasteiger partial charge on any atom is -0.359 e. The number of hydrogen-bond donors (Lipinski definition) is 2. The Kier molecular flexibility index (Phi) is 7.67. The Balaban J connectivity index is 1.17. The zero-order valence-corrected chi connectivity index (χ0v) is 22.0. The van der Waals surface area contributed by atoms with E-state index in [1.807, 2.05) is 24.3 Å². The highest BCUT2D eigenvalue weighted by Crippen LogP contribution is 2.55. The van der Waals surface area contributed by atoms with Gasteiger partial charge in [-0.25, -0.2) is 4.39 Å². The number of amides is 2. The molecule has 1 unspecified atom stereocenters. The largest absolute Gasteiger partial charge is 0.359 e. The van der Waals surface area contributed by atoms with Crippen molar-refractivity contribution in [2.24, 2.45) is 5.41 Å². The third-order valence-electron chi connectivity index (χ3n) is 8.32. The van der Waals surface area contributed by atoms with Crippen molar-refractivity contribution in [1.29, 1.82) is 0 Å².